The normalized spacial score (nSPS) is 11.6. The molecule has 0 unspecified atom stereocenters. The largest absolute Gasteiger partial charge is 0.493 e. The van der Waals surface area contributed by atoms with Gasteiger partial charge < -0.3 is 9.47 Å². The molecule has 0 radical (unpaired) electrons. The standard InChI is InChI=1S/C17H23N5O4S/c1-10(2)16-19-20-17(27-6)21(16)18-9-12-7-13(22(23)24)15(26-11(3)4)14(8-12)25-5/h7-11H,1-6H3/b18-9-. The highest BCUT2D eigenvalue weighted by atomic mass is 32.2. The third kappa shape index (κ3) is 4.76. The third-order valence-corrected chi connectivity index (χ3v) is 4.10. The highest BCUT2D eigenvalue weighted by Gasteiger charge is 2.23. The van der Waals surface area contributed by atoms with Crippen LogP contribution in [-0.2, 0) is 0 Å². The first kappa shape index (κ1) is 20.7. The van der Waals surface area contributed by atoms with Crippen molar-refractivity contribution in [2.45, 2.75) is 44.9 Å². The lowest BCUT2D eigenvalue weighted by molar-refractivity contribution is -0.386. The molecule has 0 amide bonds. The molecule has 0 aliphatic heterocycles. The maximum Gasteiger partial charge on any atom is 0.315 e. The van der Waals surface area contributed by atoms with Crippen LogP contribution in [0.2, 0.25) is 0 Å². The molecule has 0 saturated carbocycles. The minimum Gasteiger partial charge on any atom is -0.493 e. The summed E-state index contributed by atoms with van der Waals surface area (Å²) in [5.74, 6) is 1.21. The molecule has 0 aliphatic carbocycles. The number of aromatic nitrogens is 3. The number of rotatable bonds is 8. The number of hydrogen-bond acceptors (Lipinski definition) is 8. The van der Waals surface area contributed by atoms with Gasteiger partial charge in [0.1, 0.15) is 0 Å². The number of nitro benzene ring substituents is 1. The van der Waals surface area contributed by atoms with Crippen LogP contribution >= 0.6 is 11.8 Å². The number of thioether (sulfide) groups is 1. The van der Waals surface area contributed by atoms with Crippen molar-refractivity contribution < 1.29 is 14.4 Å². The zero-order valence-electron chi connectivity index (χ0n) is 16.2. The number of ether oxygens (including phenoxy) is 2. The molecule has 0 fully saturated rings. The second-order valence-corrected chi connectivity index (χ2v) is 7.02. The van der Waals surface area contributed by atoms with Gasteiger partial charge in [-0.3, -0.25) is 10.1 Å². The van der Waals surface area contributed by atoms with E-state index in [1.807, 2.05) is 20.1 Å². The molecule has 2 aromatic rings. The lowest BCUT2D eigenvalue weighted by Crippen LogP contribution is -2.09. The predicted molar refractivity (Wildman–Crippen MR) is 104 cm³/mol. The van der Waals surface area contributed by atoms with Gasteiger partial charge in [0, 0.05) is 17.5 Å². The third-order valence-electron chi connectivity index (χ3n) is 3.49. The van der Waals surface area contributed by atoms with Crippen molar-refractivity contribution >= 4 is 23.7 Å². The van der Waals surface area contributed by atoms with Crippen molar-refractivity contribution in [3.63, 3.8) is 0 Å². The summed E-state index contributed by atoms with van der Waals surface area (Å²) in [5, 5.41) is 24.8. The molecular weight excluding hydrogens is 370 g/mol. The average molecular weight is 393 g/mol. The van der Waals surface area contributed by atoms with Crippen molar-refractivity contribution in [2.75, 3.05) is 13.4 Å². The minimum atomic E-state index is -0.497. The fourth-order valence-electron chi connectivity index (χ4n) is 2.32. The quantitative estimate of drug-likeness (QED) is 0.291. The number of nitrogens with zero attached hydrogens (tertiary/aromatic N) is 5. The van der Waals surface area contributed by atoms with Gasteiger partial charge >= 0.3 is 5.69 Å². The zero-order valence-corrected chi connectivity index (χ0v) is 17.0. The molecule has 0 bridgehead atoms. The van der Waals surface area contributed by atoms with E-state index in [0.717, 1.165) is 0 Å². The van der Waals surface area contributed by atoms with E-state index in [4.69, 9.17) is 9.47 Å². The number of hydrogen-bond donors (Lipinski definition) is 0. The van der Waals surface area contributed by atoms with Crippen LogP contribution in [0.4, 0.5) is 5.69 Å². The van der Waals surface area contributed by atoms with Gasteiger partial charge in [0.25, 0.3) is 0 Å². The van der Waals surface area contributed by atoms with Crippen LogP contribution in [0, 0.1) is 10.1 Å². The Morgan fingerprint density at radius 1 is 1.30 bits per heavy atom. The fraction of sp³-hybridized carbons (Fsp3) is 0.471. The molecule has 1 heterocycles. The molecule has 27 heavy (non-hydrogen) atoms. The maximum atomic E-state index is 11.5. The summed E-state index contributed by atoms with van der Waals surface area (Å²) in [4.78, 5) is 11.0. The van der Waals surface area contributed by atoms with Gasteiger partial charge in [-0.2, -0.15) is 9.78 Å². The molecule has 9 nitrogen and oxygen atoms in total. The molecule has 0 saturated heterocycles. The van der Waals surface area contributed by atoms with Crippen LogP contribution in [0.3, 0.4) is 0 Å². The van der Waals surface area contributed by atoms with Crippen LogP contribution in [-0.4, -0.2) is 45.5 Å². The monoisotopic (exact) mass is 393 g/mol. The van der Waals surface area contributed by atoms with Gasteiger partial charge in [0.05, 0.1) is 24.4 Å². The Labute approximate surface area is 161 Å². The Morgan fingerprint density at radius 2 is 2.00 bits per heavy atom. The van der Waals surface area contributed by atoms with Crippen LogP contribution < -0.4 is 9.47 Å². The smallest absolute Gasteiger partial charge is 0.315 e. The van der Waals surface area contributed by atoms with Gasteiger partial charge in [0.2, 0.25) is 10.9 Å². The lowest BCUT2D eigenvalue weighted by atomic mass is 10.2. The number of nitro groups is 1. The molecule has 146 valence electrons. The van der Waals surface area contributed by atoms with Crippen molar-refractivity contribution in [3.05, 3.63) is 33.6 Å². The molecule has 1 aromatic heterocycles. The Hall–Kier alpha value is -2.62. The van der Waals surface area contributed by atoms with E-state index >= 15 is 0 Å². The molecular formula is C17H23N5O4S. The van der Waals surface area contributed by atoms with Crippen molar-refractivity contribution in [1.29, 1.82) is 0 Å². The van der Waals surface area contributed by atoms with Crippen molar-refractivity contribution in [2.24, 2.45) is 5.10 Å². The molecule has 1 aromatic carbocycles. The number of benzene rings is 1. The molecule has 2 rings (SSSR count). The van der Waals surface area contributed by atoms with Crippen LogP contribution in [0.5, 0.6) is 11.5 Å². The van der Waals surface area contributed by atoms with Crippen molar-refractivity contribution in [3.8, 4) is 11.5 Å². The summed E-state index contributed by atoms with van der Waals surface area (Å²) in [6, 6.07) is 3.05. The molecule has 0 spiro atoms. The molecule has 10 heteroatoms. The summed E-state index contributed by atoms with van der Waals surface area (Å²) in [6.45, 7) is 7.57. The van der Waals surface area contributed by atoms with Crippen molar-refractivity contribution in [1.82, 2.24) is 14.9 Å². The summed E-state index contributed by atoms with van der Waals surface area (Å²) in [7, 11) is 1.44. The van der Waals surface area contributed by atoms with E-state index in [9.17, 15) is 10.1 Å². The zero-order chi connectivity index (χ0) is 20.1. The van der Waals surface area contributed by atoms with Gasteiger partial charge in [-0.1, -0.05) is 25.6 Å². The van der Waals surface area contributed by atoms with Crippen LogP contribution in [0.15, 0.2) is 22.4 Å². The second kappa shape index (κ2) is 8.85. The molecule has 0 atom stereocenters. The van der Waals surface area contributed by atoms with Gasteiger partial charge in [-0.05, 0) is 26.2 Å². The van der Waals surface area contributed by atoms with Gasteiger partial charge in [-0.15, -0.1) is 10.2 Å². The summed E-state index contributed by atoms with van der Waals surface area (Å²) < 4.78 is 12.5. The highest BCUT2D eigenvalue weighted by molar-refractivity contribution is 7.98. The second-order valence-electron chi connectivity index (χ2n) is 6.25. The van der Waals surface area contributed by atoms with Gasteiger partial charge in [-0.25, -0.2) is 0 Å². The topological polar surface area (TPSA) is 105 Å². The highest BCUT2D eigenvalue weighted by Crippen LogP contribution is 2.38. The Morgan fingerprint density at radius 3 is 2.52 bits per heavy atom. The first-order valence-electron chi connectivity index (χ1n) is 8.35. The predicted octanol–water partition coefficient (Wildman–Crippen LogP) is 3.71. The molecule has 0 aliphatic rings. The van der Waals surface area contributed by atoms with E-state index in [1.54, 1.807) is 24.6 Å². The van der Waals surface area contributed by atoms with E-state index in [2.05, 4.69) is 15.3 Å². The average Bonchev–Trinajstić information content (AvgIpc) is 3.03. The summed E-state index contributed by atoms with van der Waals surface area (Å²) >= 11 is 1.42. The number of methoxy groups -OCH3 is 1. The Bertz CT molecular complexity index is 848. The van der Waals surface area contributed by atoms with E-state index in [1.165, 1.54) is 31.2 Å². The first-order valence-corrected chi connectivity index (χ1v) is 9.57. The minimum absolute atomic E-state index is 0.103. The van der Waals surface area contributed by atoms with Crippen LogP contribution in [0.1, 0.15) is 45.0 Å². The summed E-state index contributed by atoms with van der Waals surface area (Å²) in [5.41, 5.74) is 0.326. The Balaban J connectivity index is 2.51. The SMILES string of the molecule is COc1cc(/C=N\n2c(SC)nnc2C(C)C)cc([N+](=O)[O-])c1OC(C)C. The van der Waals surface area contributed by atoms with Gasteiger partial charge in [0.15, 0.2) is 11.6 Å². The lowest BCUT2D eigenvalue weighted by Gasteiger charge is -2.14. The first-order chi connectivity index (χ1) is 12.8. The Kier molecular flexibility index (Phi) is 6.78. The van der Waals surface area contributed by atoms with Crippen LogP contribution in [0.25, 0.3) is 0 Å². The fourth-order valence-corrected chi connectivity index (χ4v) is 2.76. The van der Waals surface area contributed by atoms with E-state index in [-0.39, 0.29) is 29.2 Å². The summed E-state index contributed by atoms with van der Waals surface area (Å²) in [6.07, 6.45) is 3.17. The maximum absolute atomic E-state index is 11.5. The van der Waals surface area contributed by atoms with E-state index < -0.39 is 4.92 Å². The van der Waals surface area contributed by atoms with E-state index in [0.29, 0.717) is 16.5 Å². The molecule has 0 N–H and O–H groups in total.